The lowest BCUT2D eigenvalue weighted by atomic mass is 10.0. The van der Waals surface area contributed by atoms with Crippen molar-refractivity contribution in [1.29, 1.82) is 0 Å². The van der Waals surface area contributed by atoms with E-state index in [1.54, 1.807) is 0 Å². The lowest BCUT2D eigenvalue weighted by molar-refractivity contribution is -0.0312. The molecule has 100 valence electrons. The van der Waals surface area contributed by atoms with E-state index in [0.29, 0.717) is 6.54 Å². The second-order valence-corrected chi connectivity index (χ2v) is 4.71. The lowest BCUT2D eigenvalue weighted by Crippen LogP contribution is -2.43. The molecule has 2 rings (SSSR count). The normalized spacial score (nSPS) is 35.9. The van der Waals surface area contributed by atoms with Crippen molar-refractivity contribution in [2.45, 2.75) is 30.9 Å². The molecule has 1 aromatic rings. The highest BCUT2D eigenvalue weighted by molar-refractivity contribution is 5.15. The molecule has 5 heteroatoms. The third kappa shape index (κ3) is 2.55. The van der Waals surface area contributed by atoms with E-state index in [0.717, 1.165) is 5.56 Å². The van der Waals surface area contributed by atoms with Gasteiger partial charge in [0.25, 0.3) is 0 Å². The highest BCUT2D eigenvalue weighted by Crippen LogP contribution is 2.27. The van der Waals surface area contributed by atoms with E-state index >= 15 is 0 Å². The minimum absolute atomic E-state index is 0.276. The van der Waals surface area contributed by atoms with Gasteiger partial charge in [0, 0.05) is 18.5 Å². The van der Waals surface area contributed by atoms with Crippen LogP contribution in [-0.4, -0.2) is 51.4 Å². The molecule has 18 heavy (non-hydrogen) atoms. The summed E-state index contributed by atoms with van der Waals surface area (Å²) in [5.41, 5.74) is 1.04. The average Bonchev–Trinajstić information content (AvgIpc) is 2.61. The topological polar surface area (TPSA) is 93.0 Å². The van der Waals surface area contributed by atoms with Gasteiger partial charge in [0.1, 0.15) is 6.10 Å². The maximum absolute atomic E-state index is 9.82. The summed E-state index contributed by atoms with van der Waals surface area (Å²) in [7, 11) is 0. The van der Waals surface area contributed by atoms with Gasteiger partial charge in [0.2, 0.25) is 0 Å². The molecule has 0 unspecified atom stereocenters. The predicted molar refractivity (Wildman–Crippen MR) is 65.7 cm³/mol. The van der Waals surface area contributed by atoms with Gasteiger partial charge in [0.05, 0.1) is 18.8 Å². The van der Waals surface area contributed by atoms with Crippen LogP contribution in [0.25, 0.3) is 0 Å². The fraction of sp³-hybridized carbons (Fsp3) is 0.538. The molecule has 1 aliphatic rings. The first-order valence-corrected chi connectivity index (χ1v) is 6.07. The number of aliphatic hydroxyl groups is 4. The second-order valence-electron chi connectivity index (χ2n) is 4.71. The van der Waals surface area contributed by atoms with Gasteiger partial charge in [-0.1, -0.05) is 30.3 Å². The van der Waals surface area contributed by atoms with Crippen molar-refractivity contribution in [3.8, 4) is 0 Å². The molecule has 1 aromatic carbocycles. The smallest absolute Gasteiger partial charge is 0.108 e. The van der Waals surface area contributed by atoms with E-state index in [-0.39, 0.29) is 6.61 Å². The largest absolute Gasteiger partial charge is 0.396 e. The molecule has 0 saturated heterocycles. The summed E-state index contributed by atoms with van der Waals surface area (Å²) in [4.78, 5) is 0. The molecule has 0 aromatic heterocycles. The Kier molecular flexibility index (Phi) is 4.31. The van der Waals surface area contributed by atoms with Gasteiger partial charge in [-0.15, -0.1) is 0 Å². The first-order chi connectivity index (χ1) is 8.65. The zero-order valence-corrected chi connectivity index (χ0v) is 9.98. The van der Waals surface area contributed by atoms with Gasteiger partial charge in [-0.2, -0.15) is 0 Å². The summed E-state index contributed by atoms with van der Waals surface area (Å²) in [6.45, 7) is 0.236. The van der Waals surface area contributed by atoms with E-state index in [1.165, 1.54) is 0 Å². The quantitative estimate of drug-likeness (QED) is 0.467. The van der Waals surface area contributed by atoms with Gasteiger partial charge >= 0.3 is 0 Å². The molecule has 0 aliphatic heterocycles. The Morgan fingerprint density at radius 3 is 2.22 bits per heavy atom. The van der Waals surface area contributed by atoms with Gasteiger partial charge in [-0.3, -0.25) is 0 Å². The van der Waals surface area contributed by atoms with Gasteiger partial charge in [0.15, 0.2) is 0 Å². The highest BCUT2D eigenvalue weighted by Gasteiger charge is 2.48. The first-order valence-electron chi connectivity index (χ1n) is 6.07. The van der Waals surface area contributed by atoms with Crippen LogP contribution >= 0.6 is 0 Å². The summed E-state index contributed by atoms with van der Waals surface area (Å²) < 4.78 is 0. The third-order valence-electron chi connectivity index (χ3n) is 3.56. The standard InChI is InChI=1S/C13H19NO4/c15-7-9-10(12(17)13(18)11(9)16)14-6-8-4-2-1-3-5-8/h1-5,9-18H,6-7H2/t9-,10+,11-,12-,13+/m1/s1. The molecule has 0 amide bonds. The van der Waals surface area contributed by atoms with Gasteiger partial charge in [-0.25, -0.2) is 0 Å². The maximum Gasteiger partial charge on any atom is 0.108 e. The minimum Gasteiger partial charge on any atom is -0.396 e. The third-order valence-corrected chi connectivity index (χ3v) is 3.56. The Morgan fingerprint density at radius 2 is 1.61 bits per heavy atom. The number of benzene rings is 1. The molecule has 5 nitrogen and oxygen atoms in total. The fourth-order valence-corrected chi connectivity index (χ4v) is 2.46. The van der Waals surface area contributed by atoms with Crippen LogP contribution in [-0.2, 0) is 6.54 Å². The van der Waals surface area contributed by atoms with Gasteiger partial charge in [-0.05, 0) is 5.56 Å². The molecule has 5 N–H and O–H groups in total. The highest BCUT2D eigenvalue weighted by atomic mass is 16.4. The Hall–Kier alpha value is -0.980. The zero-order chi connectivity index (χ0) is 13.1. The number of hydrogen-bond donors (Lipinski definition) is 5. The number of rotatable bonds is 4. The van der Waals surface area contributed by atoms with Crippen LogP contribution in [0.3, 0.4) is 0 Å². The molecular weight excluding hydrogens is 234 g/mol. The van der Waals surface area contributed by atoms with Gasteiger partial charge < -0.3 is 25.7 Å². The van der Waals surface area contributed by atoms with Crippen molar-refractivity contribution in [3.05, 3.63) is 35.9 Å². The predicted octanol–water partition coefficient (Wildman–Crippen LogP) is -1.15. The summed E-state index contributed by atoms with van der Waals surface area (Å²) in [6, 6.07) is 9.10. The summed E-state index contributed by atoms with van der Waals surface area (Å²) >= 11 is 0. The van der Waals surface area contributed by atoms with Crippen LogP contribution in [0, 0.1) is 5.92 Å². The van der Waals surface area contributed by atoms with E-state index in [4.69, 9.17) is 0 Å². The number of aliphatic hydroxyl groups excluding tert-OH is 4. The molecule has 1 saturated carbocycles. The monoisotopic (exact) mass is 253 g/mol. The molecule has 1 aliphatic carbocycles. The maximum atomic E-state index is 9.82. The van der Waals surface area contributed by atoms with E-state index < -0.39 is 30.3 Å². The summed E-state index contributed by atoms with van der Waals surface area (Å²) in [5.74, 6) is -0.557. The van der Waals surface area contributed by atoms with Crippen LogP contribution in [0.2, 0.25) is 0 Å². The van der Waals surface area contributed by atoms with Crippen molar-refractivity contribution in [2.75, 3.05) is 6.61 Å². The van der Waals surface area contributed by atoms with Crippen LogP contribution < -0.4 is 5.32 Å². The Labute approximate surface area is 106 Å². The van der Waals surface area contributed by atoms with Crippen molar-refractivity contribution >= 4 is 0 Å². The van der Waals surface area contributed by atoms with E-state index in [2.05, 4.69) is 5.32 Å². The van der Waals surface area contributed by atoms with Crippen molar-refractivity contribution < 1.29 is 20.4 Å². The van der Waals surface area contributed by atoms with Crippen molar-refractivity contribution in [3.63, 3.8) is 0 Å². The minimum atomic E-state index is -1.21. The number of hydrogen-bond acceptors (Lipinski definition) is 5. The Balaban J connectivity index is 1.99. The lowest BCUT2D eigenvalue weighted by Gasteiger charge is -2.22. The SMILES string of the molecule is OC[C@H]1[C@@H](O)[C@H](O)[C@H](O)[C@H]1NCc1ccccc1. The summed E-state index contributed by atoms with van der Waals surface area (Å²) in [5, 5.41) is 41.4. The molecule has 0 bridgehead atoms. The zero-order valence-electron chi connectivity index (χ0n) is 9.98. The average molecular weight is 253 g/mol. The first kappa shape index (κ1) is 13.5. The van der Waals surface area contributed by atoms with E-state index in [9.17, 15) is 20.4 Å². The van der Waals surface area contributed by atoms with Crippen LogP contribution in [0.15, 0.2) is 30.3 Å². The van der Waals surface area contributed by atoms with Crippen molar-refractivity contribution in [2.24, 2.45) is 5.92 Å². The van der Waals surface area contributed by atoms with Crippen molar-refractivity contribution in [1.82, 2.24) is 5.32 Å². The Morgan fingerprint density at radius 1 is 0.944 bits per heavy atom. The van der Waals surface area contributed by atoms with Crippen LogP contribution in [0.4, 0.5) is 0 Å². The fourth-order valence-electron chi connectivity index (χ4n) is 2.46. The molecule has 1 fully saturated rings. The molecule has 0 spiro atoms. The summed E-state index contributed by atoms with van der Waals surface area (Å²) in [6.07, 6.45) is -3.38. The van der Waals surface area contributed by atoms with Crippen LogP contribution in [0.5, 0.6) is 0 Å². The molecule has 0 radical (unpaired) electrons. The van der Waals surface area contributed by atoms with E-state index in [1.807, 2.05) is 30.3 Å². The Bertz CT molecular complexity index is 373. The molecular formula is C13H19NO4. The van der Waals surface area contributed by atoms with Crippen LogP contribution in [0.1, 0.15) is 5.56 Å². The molecule has 5 atom stereocenters. The number of nitrogens with one attached hydrogen (secondary N) is 1. The second kappa shape index (κ2) is 5.77. The molecule has 0 heterocycles.